The maximum atomic E-state index is 12.7. The van der Waals surface area contributed by atoms with Gasteiger partial charge in [0, 0.05) is 13.0 Å². The smallest absolute Gasteiger partial charge is 0.335 e. The predicted molar refractivity (Wildman–Crippen MR) is 142 cm³/mol. The van der Waals surface area contributed by atoms with Crippen LogP contribution in [0.25, 0.3) is 6.08 Å². The van der Waals surface area contributed by atoms with E-state index in [-0.39, 0.29) is 0 Å². The van der Waals surface area contributed by atoms with Crippen molar-refractivity contribution in [2.45, 2.75) is 88.3 Å². The fourth-order valence-corrected chi connectivity index (χ4v) is 4.81. The molecule has 3 rings (SSSR count). The third-order valence-electron chi connectivity index (χ3n) is 6.89. The number of aliphatic hydroxyl groups is 4. The molecule has 1 aromatic rings. The molecule has 41 heavy (non-hydrogen) atoms. The van der Waals surface area contributed by atoms with E-state index in [9.17, 15) is 39.9 Å². The van der Waals surface area contributed by atoms with Crippen molar-refractivity contribution in [3.63, 3.8) is 0 Å². The summed E-state index contributed by atoms with van der Waals surface area (Å²) in [5.74, 6) is -3.26. The fraction of sp³-hybridized carbons (Fsp3) is 0.593. The number of rotatable bonds is 8. The number of carboxylic acids is 1. The van der Waals surface area contributed by atoms with Crippen LogP contribution in [-0.2, 0) is 33.3 Å². The quantitative estimate of drug-likeness (QED) is 0.121. The van der Waals surface area contributed by atoms with Crippen LogP contribution in [0.1, 0.15) is 33.3 Å². The van der Waals surface area contributed by atoms with E-state index in [1.54, 1.807) is 51.1 Å². The van der Waals surface area contributed by atoms with Crippen molar-refractivity contribution in [1.29, 1.82) is 0 Å². The number of hydrogen-bond acceptors (Lipinski definition) is 11. The minimum atomic E-state index is -2.35. The van der Waals surface area contributed by atoms with Gasteiger partial charge in [-0.15, -0.1) is 0 Å². The molecule has 0 bridgehead atoms. The van der Waals surface area contributed by atoms with Crippen LogP contribution in [0, 0.1) is 5.41 Å². The zero-order chi connectivity index (χ0) is 30.7. The van der Waals surface area contributed by atoms with Crippen LogP contribution < -0.4 is 5.32 Å². The van der Waals surface area contributed by atoms with Crippen molar-refractivity contribution in [3.8, 4) is 0 Å². The van der Waals surface area contributed by atoms with Crippen LogP contribution in [0.5, 0.6) is 0 Å². The Morgan fingerprint density at radius 2 is 1.73 bits per heavy atom. The molecule has 13 nitrogen and oxygen atoms in total. The number of esters is 1. The van der Waals surface area contributed by atoms with Gasteiger partial charge in [0.2, 0.25) is 5.91 Å². The molecule has 1 amide bonds. The van der Waals surface area contributed by atoms with Crippen LogP contribution in [0.4, 0.5) is 0 Å². The maximum absolute atomic E-state index is 12.7. The van der Waals surface area contributed by atoms with Gasteiger partial charge in [0.25, 0.3) is 0 Å². The zero-order valence-corrected chi connectivity index (χ0v) is 23.1. The van der Waals surface area contributed by atoms with Gasteiger partial charge >= 0.3 is 11.9 Å². The predicted octanol–water partition coefficient (Wildman–Crippen LogP) is -1.30. The molecule has 0 saturated carbocycles. The summed E-state index contributed by atoms with van der Waals surface area (Å²) in [7, 11) is 6.60. The molecule has 2 aliphatic heterocycles. The summed E-state index contributed by atoms with van der Waals surface area (Å²) < 4.78 is 22.6. The van der Waals surface area contributed by atoms with Crippen LogP contribution in [0.2, 0.25) is 0 Å². The first-order valence-electron chi connectivity index (χ1n) is 13.0. The molecule has 1 aromatic carbocycles. The Kier molecular flexibility index (Phi) is 10.3. The molecule has 0 aromatic heterocycles. The summed E-state index contributed by atoms with van der Waals surface area (Å²) in [5.41, 5.74) is -2.46. The Morgan fingerprint density at radius 3 is 2.27 bits per heavy atom. The number of nitrogens with one attached hydrogen (secondary N) is 1. The molecule has 2 radical (unpaired) electrons. The molecule has 224 valence electrons. The van der Waals surface area contributed by atoms with Crippen LogP contribution >= 0.6 is 0 Å². The average Bonchev–Trinajstić information content (AvgIpc) is 2.89. The molecule has 0 spiro atoms. The van der Waals surface area contributed by atoms with Gasteiger partial charge < -0.3 is 49.8 Å². The number of ether oxygens (including phenoxy) is 4. The highest BCUT2D eigenvalue weighted by atomic mass is 16.7. The van der Waals surface area contributed by atoms with E-state index in [0.29, 0.717) is 5.56 Å². The normalized spacial score (nSPS) is 36.0. The maximum Gasteiger partial charge on any atom is 0.335 e. The van der Waals surface area contributed by atoms with Crippen molar-refractivity contribution in [1.82, 2.24) is 5.32 Å². The summed E-state index contributed by atoms with van der Waals surface area (Å²) >= 11 is 0. The van der Waals surface area contributed by atoms with Crippen LogP contribution in [0.15, 0.2) is 36.4 Å². The first kappa shape index (κ1) is 32.7. The second-order valence-corrected chi connectivity index (χ2v) is 11.1. The van der Waals surface area contributed by atoms with Gasteiger partial charge in [-0.2, -0.15) is 0 Å². The second kappa shape index (κ2) is 13.0. The highest BCUT2D eigenvalue weighted by Crippen LogP contribution is 2.40. The Morgan fingerprint density at radius 1 is 1.10 bits per heavy atom. The third kappa shape index (κ3) is 7.33. The van der Waals surface area contributed by atoms with Crippen molar-refractivity contribution < 1.29 is 58.9 Å². The van der Waals surface area contributed by atoms with Gasteiger partial charge in [0.15, 0.2) is 18.5 Å². The third-order valence-corrected chi connectivity index (χ3v) is 6.89. The van der Waals surface area contributed by atoms with E-state index >= 15 is 0 Å². The SMILES string of the molecule is [B][C@@]1(OC2OC(C(=O)O)C(O)C(O)C2OC(=O)/C=C\c2ccccc2)C(NC(C)=O)C(C(C)(C)C)OC(CO)[C@H]1O. The fourth-order valence-electron chi connectivity index (χ4n) is 4.81. The largest absolute Gasteiger partial charge is 0.479 e. The van der Waals surface area contributed by atoms with Crippen molar-refractivity contribution in [3.05, 3.63) is 42.0 Å². The number of hydrogen-bond donors (Lipinski definition) is 6. The highest BCUT2D eigenvalue weighted by Gasteiger charge is 2.60. The van der Waals surface area contributed by atoms with Crippen molar-refractivity contribution in [2.24, 2.45) is 5.41 Å². The van der Waals surface area contributed by atoms with Gasteiger partial charge in [0.05, 0.1) is 24.3 Å². The molecule has 2 saturated heterocycles. The minimum Gasteiger partial charge on any atom is -0.479 e. The monoisotopic (exact) mass is 577 g/mol. The Labute approximate surface area is 238 Å². The number of aliphatic carboxylic acids is 1. The van der Waals surface area contributed by atoms with E-state index in [0.717, 1.165) is 6.08 Å². The number of amides is 1. The van der Waals surface area contributed by atoms with Crippen molar-refractivity contribution in [2.75, 3.05) is 6.61 Å². The number of carbonyl (C=O) groups is 3. The highest BCUT2D eigenvalue weighted by molar-refractivity contribution is 6.16. The number of carboxylic acid groups (broad SMARTS) is 1. The summed E-state index contributed by atoms with van der Waals surface area (Å²) in [6, 6.07) is 7.37. The zero-order valence-electron chi connectivity index (χ0n) is 23.1. The Balaban J connectivity index is 2.01. The molecule has 2 heterocycles. The molecule has 14 heteroatoms. The lowest BCUT2D eigenvalue weighted by Gasteiger charge is -2.56. The Bertz CT molecular complexity index is 1110. The molecule has 2 fully saturated rings. The van der Waals surface area contributed by atoms with E-state index in [2.05, 4.69) is 5.32 Å². The Hall–Kier alpha value is -2.85. The summed E-state index contributed by atoms with van der Waals surface area (Å²) in [6.45, 7) is 5.73. The molecular weight excluding hydrogens is 541 g/mol. The van der Waals surface area contributed by atoms with Crippen molar-refractivity contribution >= 4 is 31.8 Å². The summed E-state index contributed by atoms with van der Waals surface area (Å²) in [5, 5.41) is 54.5. The molecule has 6 N–H and O–H groups in total. The number of aliphatic hydroxyl groups excluding tert-OH is 4. The topological polar surface area (TPSA) is 201 Å². The van der Waals surface area contributed by atoms with Crippen LogP contribution in [-0.4, -0.2) is 118 Å². The van der Waals surface area contributed by atoms with Crippen LogP contribution in [0.3, 0.4) is 0 Å². The lowest BCUT2D eigenvalue weighted by atomic mass is 9.62. The lowest BCUT2D eigenvalue weighted by Crippen LogP contribution is -2.76. The molecule has 0 aliphatic carbocycles. The van der Waals surface area contributed by atoms with E-state index in [1.807, 2.05) is 0 Å². The standard InChI is InChI=1S/C27H36BNO12/c1-13(31)29-21-23(26(2,3)4)38-15(12-30)22(35)27(21,28)41-25-20(18(34)17(33)19(40-25)24(36)37)39-16(32)11-10-14-8-6-5-7-9-14/h5-11,15,17-23,25,30,33-35H,12H2,1-4H3,(H,29,31)(H,36,37)/b11-10-/t15?,17?,18?,19?,20?,21?,22-,23?,25?,27-/m1/s1. The molecule has 8 unspecified atom stereocenters. The summed E-state index contributed by atoms with van der Waals surface area (Å²) in [6.07, 6.45) is -11.6. The average molecular weight is 577 g/mol. The lowest BCUT2D eigenvalue weighted by molar-refractivity contribution is -0.340. The molecule has 2 aliphatic rings. The van der Waals surface area contributed by atoms with Gasteiger partial charge in [-0.3, -0.25) is 4.79 Å². The summed E-state index contributed by atoms with van der Waals surface area (Å²) in [4.78, 5) is 36.7. The number of benzene rings is 1. The van der Waals surface area contributed by atoms with E-state index in [1.165, 1.54) is 13.0 Å². The van der Waals surface area contributed by atoms with Gasteiger partial charge in [-0.05, 0) is 17.1 Å². The number of carbonyl (C=O) groups excluding carboxylic acids is 2. The van der Waals surface area contributed by atoms with Gasteiger partial charge in [0.1, 0.15) is 32.3 Å². The van der Waals surface area contributed by atoms with E-state index in [4.69, 9.17) is 26.8 Å². The first-order valence-corrected chi connectivity index (χ1v) is 13.0. The molecule has 10 atom stereocenters. The second-order valence-electron chi connectivity index (χ2n) is 11.1. The van der Waals surface area contributed by atoms with E-state index < -0.39 is 90.4 Å². The minimum absolute atomic E-state index is 0.585. The molecular formula is C27H36BNO12. The van der Waals surface area contributed by atoms with Gasteiger partial charge in [-0.25, -0.2) is 9.59 Å². The van der Waals surface area contributed by atoms with Gasteiger partial charge in [-0.1, -0.05) is 51.1 Å². The first-order chi connectivity index (χ1) is 19.1.